The van der Waals surface area contributed by atoms with E-state index in [1.807, 2.05) is 30.3 Å². The van der Waals surface area contributed by atoms with Gasteiger partial charge in [0.25, 0.3) is 5.91 Å². The van der Waals surface area contributed by atoms with Gasteiger partial charge in [0.1, 0.15) is 11.6 Å². The van der Waals surface area contributed by atoms with Crippen molar-refractivity contribution in [1.82, 2.24) is 9.78 Å². The molecule has 4 aromatic rings. The fourth-order valence-electron chi connectivity index (χ4n) is 2.87. The van der Waals surface area contributed by atoms with Crippen LogP contribution in [0.3, 0.4) is 0 Å². The van der Waals surface area contributed by atoms with Crippen molar-refractivity contribution in [2.24, 2.45) is 0 Å². The lowest BCUT2D eigenvalue weighted by Crippen LogP contribution is -2.15. The van der Waals surface area contributed by atoms with Crippen molar-refractivity contribution in [3.63, 3.8) is 0 Å². The van der Waals surface area contributed by atoms with Crippen molar-refractivity contribution in [2.75, 3.05) is 5.32 Å². The van der Waals surface area contributed by atoms with E-state index in [-0.39, 0.29) is 5.56 Å². The van der Waals surface area contributed by atoms with Gasteiger partial charge in [-0.05, 0) is 36.4 Å². The number of aromatic nitrogens is 2. The van der Waals surface area contributed by atoms with Gasteiger partial charge in [-0.1, -0.05) is 59.6 Å². The Hall–Kier alpha value is -3.15. The number of hydrogen-bond donors (Lipinski definition) is 1. The van der Waals surface area contributed by atoms with Crippen LogP contribution in [-0.4, -0.2) is 15.7 Å². The smallest absolute Gasteiger partial charge is 0.256 e. The number of nitrogens with one attached hydrogen (secondary N) is 1. The fourth-order valence-corrected chi connectivity index (χ4v) is 3.23. The highest BCUT2D eigenvalue weighted by Crippen LogP contribution is 2.30. The predicted octanol–water partition coefficient (Wildman–Crippen LogP) is 6.24. The van der Waals surface area contributed by atoms with Crippen LogP contribution in [-0.2, 0) is 0 Å². The van der Waals surface area contributed by atoms with E-state index < -0.39 is 11.7 Å². The molecule has 0 saturated heterocycles. The maximum atomic E-state index is 13.5. The highest BCUT2D eigenvalue weighted by atomic mass is 35.5. The molecule has 4 nitrogen and oxygen atoms in total. The molecular weight excluding hydrogens is 412 g/mol. The number of rotatable bonds is 4. The van der Waals surface area contributed by atoms with Crippen molar-refractivity contribution >= 4 is 34.9 Å². The lowest BCUT2D eigenvalue weighted by atomic mass is 10.1. The molecule has 0 fully saturated rings. The van der Waals surface area contributed by atoms with E-state index >= 15 is 0 Å². The molecule has 0 bridgehead atoms. The van der Waals surface area contributed by atoms with Gasteiger partial charge in [0, 0.05) is 22.2 Å². The Morgan fingerprint density at radius 1 is 0.931 bits per heavy atom. The molecule has 0 radical (unpaired) electrons. The van der Waals surface area contributed by atoms with Crippen molar-refractivity contribution in [2.45, 2.75) is 0 Å². The molecule has 1 N–H and O–H groups in total. The third kappa shape index (κ3) is 4.16. The molecule has 3 aromatic carbocycles. The predicted molar refractivity (Wildman–Crippen MR) is 113 cm³/mol. The molecule has 0 saturated carbocycles. The summed E-state index contributed by atoms with van der Waals surface area (Å²) in [6.07, 6.45) is 0. The number of amides is 1. The summed E-state index contributed by atoms with van der Waals surface area (Å²) in [6.45, 7) is 0. The summed E-state index contributed by atoms with van der Waals surface area (Å²) < 4.78 is 15.0. The number of nitrogens with zero attached hydrogens (tertiary/aromatic N) is 2. The summed E-state index contributed by atoms with van der Waals surface area (Å²) in [7, 11) is 0. The van der Waals surface area contributed by atoms with E-state index in [9.17, 15) is 9.18 Å². The second-order valence-electron chi connectivity index (χ2n) is 6.25. The first-order valence-electron chi connectivity index (χ1n) is 8.69. The van der Waals surface area contributed by atoms with E-state index in [2.05, 4.69) is 10.4 Å². The maximum absolute atomic E-state index is 13.5. The standard InChI is InChI=1S/C22H14Cl2FN3O/c23-16-9-10-18(24)20(12-16)28-21(13-19(27-28)14-5-2-1-3-6-14)26-22(29)15-7-4-8-17(25)11-15/h1-13H,(H,26,29). The Balaban J connectivity index is 1.80. The van der Waals surface area contributed by atoms with Crippen LogP contribution in [0.25, 0.3) is 16.9 Å². The van der Waals surface area contributed by atoms with Crippen molar-refractivity contribution in [1.29, 1.82) is 0 Å². The van der Waals surface area contributed by atoms with Gasteiger partial charge in [-0.3, -0.25) is 4.79 Å². The van der Waals surface area contributed by atoms with Crippen LogP contribution < -0.4 is 5.32 Å². The van der Waals surface area contributed by atoms with Gasteiger partial charge in [0.15, 0.2) is 0 Å². The average molecular weight is 426 g/mol. The Morgan fingerprint density at radius 2 is 1.72 bits per heavy atom. The Labute approximate surface area is 176 Å². The maximum Gasteiger partial charge on any atom is 0.256 e. The molecule has 1 amide bonds. The molecule has 29 heavy (non-hydrogen) atoms. The Bertz CT molecular complexity index is 1190. The molecule has 4 rings (SSSR count). The van der Waals surface area contributed by atoms with Gasteiger partial charge in [0.2, 0.25) is 0 Å². The highest BCUT2D eigenvalue weighted by molar-refractivity contribution is 6.34. The zero-order chi connectivity index (χ0) is 20.4. The summed E-state index contributed by atoms with van der Waals surface area (Å²) in [4.78, 5) is 12.7. The summed E-state index contributed by atoms with van der Waals surface area (Å²) in [5.41, 5.74) is 2.20. The molecule has 0 unspecified atom stereocenters. The van der Waals surface area contributed by atoms with Crippen molar-refractivity contribution < 1.29 is 9.18 Å². The summed E-state index contributed by atoms with van der Waals surface area (Å²) in [6, 6.07) is 21.7. The van der Waals surface area contributed by atoms with Crippen LogP contribution >= 0.6 is 23.2 Å². The first-order valence-corrected chi connectivity index (χ1v) is 9.45. The molecule has 1 aromatic heterocycles. The minimum atomic E-state index is -0.492. The zero-order valence-electron chi connectivity index (χ0n) is 14.9. The molecular formula is C22H14Cl2FN3O. The van der Waals surface area contributed by atoms with E-state index in [0.29, 0.717) is 27.2 Å². The minimum Gasteiger partial charge on any atom is -0.306 e. The van der Waals surface area contributed by atoms with E-state index in [4.69, 9.17) is 23.2 Å². The van der Waals surface area contributed by atoms with Gasteiger partial charge in [-0.25, -0.2) is 9.07 Å². The highest BCUT2D eigenvalue weighted by Gasteiger charge is 2.17. The van der Waals surface area contributed by atoms with Crippen LogP contribution in [0.5, 0.6) is 0 Å². The first-order chi connectivity index (χ1) is 14.0. The summed E-state index contributed by atoms with van der Waals surface area (Å²) in [5.74, 6) is -0.584. The Morgan fingerprint density at radius 3 is 2.48 bits per heavy atom. The average Bonchev–Trinajstić information content (AvgIpc) is 3.14. The molecule has 7 heteroatoms. The van der Waals surface area contributed by atoms with E-state index in [0.717, 1.165) is 5.56 Å². The van der Waals surface area contributed by atoms with Crippen LogP contribution in [0.1, 0.15) is 10.4 Å². The number of carbonyl (C=O) groups excluding carboxylic acids is 1. The largest absolute Gasteiger partial charge is 0.306 e. The van der Waals surface area contributed by atoms with Gasteiger partial charge in [-0.15, -0.1) is 0 Å². The topological polar surface area (TPSA) is 46.9 Å². The lowest BCUT2D eigenvalue weighted by Gasteiger charge is -2.11. The number of halogens is 3. The molecule has 0 spiro atoms. The van der Waals surface area contributed by atoms with Crippen LogP contribution in [0.2, 0.25) is 10.0 Å². The SMILES string of the molecule is O=C(Nc1cc(-c2ccccc2)nn1-c1cc(Cl)ccc1Cl)c1cccc(F)c1. The minimum absolute atomic E-state index is 0.191. The first kappa shape index (κ1) is 19.2. The molecule has 0 aliphatic heterocycles. The van der Waals surface area contributed by atoms with Gasteiger partial charge < -0.3 is 5.32 Å². The molecule has 1 heterocycles. The van der Waals surface area contributed by atoms with Crippen LogP contribution in [0.4, 0.5) is 10.2 Å². The molecule has 0 atom stereocenters. The second kappa shape index (κ2) is 8.07. The third-order valence-corrected chi connectivity index (χ3v) is 4.80. The molecule has 0 aliphatic carbocycles. The van der Waals surface area contributed by atoms with Gasteiger partial charge >= 0.3 is 0 Å². The second-order valence-corrected chi connectivity index (χ2v) is 7.10. The van der Waals surface area contributed by atoms with Gasteiger partial charge in [0.05, 0.1) is 16.4 Å². The zero-order valence-corrected chi connectivity index (χ0v) is 16.5. The number of carbonyl (C=O) groups is 1. The number of hydrogen-bond acceptors (Lipinski definition) is 2. The lowest BCUT2D eigenvalue weighted by molar-refractivity contribution is 0.102. The fraction of sp³-hybridized carbons (Fsp3) is 0. The van der Waals surface area contributed by atoms with Gasteiger partial charge in [-0.2, -0.15) is 5.10 Å². The Kier molecular flexibility index (Phi) is 5.34. The number of anilines is 1. The summed E-state index contributed by atoms with van der Waals surface area (Å²) in [5, 5.41) is 8.27. The monoisotopic (exact) mass is 425 g/mol. The van der Waals surface area contributed by atoms with Crippen LogP contribution in [0.15, 0.2) is 78.9 Å². The van der Waals surface area contributed by atoms with E-state index in [1.54, 1.807) is 24.3 Å². The normalized spacial score (nSPS) is 10.7. The summed E-state index contributed by atoms with van der Waals surface area (Å²) >= 11 is 12.5. The number of benzene rings is 3. The van der Waals surface area contributed by atoms with Crippen molar-refractivity contribution in [3.05, 3.63) is 100 Å². The molecule has 144 valence electrons. The quantitative estimate of drug-likeness (QED) is 0.420. The van der Waals surface area contributed by atoms with E-state index in [1.165, 1.54) is 28.9 Å². The van der Waals surface area contributed by atoms with Crippen LogP contribution in [0, 0.1) is 5.82 Å². The van der Waals surface area contributed by atoms with Crippen molar-refractivity contribution in [3.8, 4) is 16.9 Å². The third-order valence-electron chi connectivity index (χ3n) is 4.24. The molecule has 0 aliphatic rings.